The number of amides is 1. The molecule has 0 aromatic rings. The zero-order valence-corrected chi connectivity index (χ0v) is 62.5. The van der Waals surface area contributed by atoms with Crippen molar-refractivity contribution in [1.82, 2.24) is 5.32 Å². The van der Waals surface area contributed by atoms with Crippen LogP contribution in [0.2, 0.25) is 0 Å². The van der Waals surface area contributed by atoms with E-state index in [9.17, 15) is 45.6 Å². The van der Waals surface area contributed by atoms with Crippen molar-refractivity contribution in [2.45, 2.75) is 421 Å². The van der Waals surface area contributed by atoms with E-state index in [4.69, 9.17) is 18.9 Å². The van der Waals surface area contributed by atoms with E-state index in [1.807, 2.05) is 6.08 Å². The molecule has 0 spiro atoms. The summed E-state index contributed by atoms with van der Waals surface area (Å²) in [6.45, 7) is 2.71. The van der Waals surface area contributed by atoms with Crippen molar-refractivity contribution in [3.05, 3.63) is 85.1 Å². The zero-order chi connectivity index (χ0) is 70.8. The van der Waals surface area contributed by atoms with E-state index < -0.39 is 86.8 Å². The number of unbranched alkanes of at least 4 members (excludes halogenated alkanes) is 43. The lowest BCUT2D eigenvalue weighted by molar-refractivity contribution is -0.359. The molecule has 14 nitrogen and oxygen atoms in total. The third kappa shape index (κ3) is 49.7. The van der Waals surface area contributed by atoms with Gasteiger partial charge < -0.3 is 65.1 Å². The van der Waals surface area contributed by atoms with Crippen molar-refractivity contribution in [3.63, 3.8) is 0 Å². The van der Waals surface area contributed by atoms with Gasteiger partial charge in [0, 0.05) is 6.42 Å². The van der Waals surface area contributed by atoms with Crippen molar-refractivity contribution in [3.8, 4) is 0 Å². The predicted octanol–water partition coefficient (Wildman–Crippen LogP) is 18.7. The largest absolute Gasteiger partial charge is 0.394 e. The Hall–Kier alpha value is -2.83. The highest BCUT2D eigenvalue weighted by Gasteiger charge is 2.51. The summed E-state index contributed by atoms with van der Waals surface area (Å²) in [7, 11) is 0. The van der Waals surface area contributed by atoms with Gasteiger partial charge in [-0.05, 0) is 83.5 Å². The van der Waals surface area contributed by atoms with Crippen LogP contribution in [0.5, 0.6) is 0 Å². The highest BCUT2D eigenvalue weighted by Crippen LogP contribution is 2.30. The molecule has 570 valence electrons. The molecule has 2 saturated heterocycles. The minimum Gasteiger partial charge on any atom is -0.394 e. The number of carbonyl (C=O) groups is 1. The zero-order valence-electron chi connectivity index (χ0n) is 62.5. The lowest BCUT2D eigenvalue weighted by Crippen LogP contribution is -2.65. The summed E-state index contributed by atoms with van der Waals surface area (Å²) in [4.78, 5) is 13.4. The fourth-order valence-electron chi connectivity index (χ4n) is 13.1. The smallest absolute Gasteiger partial charge is 0.220 e. The van der Waals surface area contributed by atoms with Crippen LogP contribution in [0.15, 0.2) is 85.1 Å². The third-order valence-corrected chi connectivity index (χ3v) is 19.5. The fraction of sp³-hybridized carbons (Fsp3) is 0.821. The fourth-order valence-corrected chi connectivity index (χ4v) is 13.1. The summed E-state index contributed by atoms with van der Waals surface area (Å²) in [5, 5.41) is 87.7. The van der Waals surface area contributed by atoms with Gasteiger partial charge in [0.05, 0.1) is 32.0 Å². The molecular weight excluding hydrogens is 1230 g/mol. The number of allylic oxidation sites excluding steroid dienone is 13. The minimum atomic E-state index is -1.80. The molecule has 2 heterocycles. The number of hydrogen-bond acceptors (Lipinski definition) is 13. The van der Waals surface area contributed by atoms with Crippen LogP contribution in [0.25, 0.3) is 0 Å². The van der Waals surface area contributed by atoms with Crippen molar-refractivity contribution in [2.75, 3.05) is 19.8 Å². The number of hydrogen-bond donors (Lipinski definition) is 9. The summed E-state index contributed by atoms with van der Waals surface area (Å²) < 4.78 is 22.9. The van der Waals surface area contributed by atoms with Crippen molar-refractivity contribution in [2.24, 2.45) is 0 Å². The van der Waals surface area contributed by atoms with Gasteiger partial charge in [-0.2, -0.15) is 0 Å². The average molecular weight is 1380 g/mol. The quantitative estimate of drug-likeness (QED) is 0.0204. The summed E-state index contributed by atoms with van der Waals surface area (Å²) in [6.07, 6.45) is 78.2. The van der Waals surface area contributed by atoms with Gasteiger partial charge in [-0.1, -0.05) is 343 Å². The second-order valence-electron chi connectivity index (χ2n) is 28.5. The first-order valence-electron chi connectivity index (χ1n) is 40.8. The van der Waals surface area contributed by atoms with E-state index in [0.29, 0.717) is 12.8 Å². The first-order chi connectivity index (χ1) is 48.1. The molecule has 0 aliphatic carbocycles. The number of rotatable bonds is 68. The normalized spacial score (nSPS) is 22.5. The molecule has 2 aliphatic heterocycles. The lowest BCUT2D eigenvalue weighted by Gasteiger charge is -2.46. The maximum atomic E-state index is 13.4. The van der Waals surface area contributed by atoms with Crippen molar-refractivity contribution >= 4 is 5.91 Å². The van der Waals surface area contributed by atoms with Gasteiger partial charge >= 0.3 is 0 Å². The molecule has 0 bridgehead atoms. The first kappa shape index (κ1) is 91.3. The maximum Gasteiger partial charge on any atom is 0.220 e. The Labute approximate surface area is 599 Å². The van der Waals surface area contributed by atoms with Crippen LogP contribution in [-0.4, -0.2) is 140 Å². The molecule has 2 rings (SSSR count). The molecular formula is C84H151NO13. The highest BCUT2D eigenvalue weighted by molar-refractivity contribution is 5.76. The van der Waals surface area contributed by atoms with E-state index in [1.54, 1.807) is 6.08 Å². The van der Waals surface area contributed by atoms with Crippen molar-refractivity contribution < 1.29 is 64.6 Å². The van der Waals surface area contributed by atoms with Crippen LogP contribution in [0.4, 0.5) is 0 Å². The molecule has 9 N–H and O–H groups in total. The maximum absolute atomic E-state index is 13.4. The Morgan fingerprint density at radius 3 is 1.12 bits per heavy atom. The van der Waals surface area contributed by atoms with E-state index in [2.05, 4.69) is 92.1 Å². The molecule has 14 heteroatoms. The van der Waals surface area contributed by atoms with Gasteiger partial charge in [0.25, 0.3) is 0 Å². The SMILES string of the molecule is CC/C=C\C/C=C\C/C=C\C/C=C\CCCCCCCCCCCCCCCCCCCCCCCCCCC(=O)NC(COC1OC(CO)C(OC2OC(CO)C(O)C(O)C2O)C(O)C1O)C(O)/C=C/CC/C=C/CC/C=C/CCCCCCCCCCCCCCCCCCC. The third-order valence-electron chi connectivity index (χ3n) is 19.5. The van der Waals surface area contributed by atoms with E-state index >= 15 is 0 Å². The topological polar surface area (TPSA) is 228 Å². The number of aliphatic hydroxyl groups excluding tert-OH is 8. The van der Waals surface area contributed by atoms with Crippen molar-refractivity contribution in [1.29, 1.82) is 0 Å². The second-order valence-corrected chi connectivity index (χ2v) is 28.5. The summed E-state index contributed by atoms with van der Waals surface area (Å²) in [5.41, 5.74) is 0. The molecule has 0 saturated carbocycles. The Kier molecular flexibility index (Phi) is 62.7. The van der Waals surface area contributed by atoms with Gasteiger partial charge in [0.2, 0.25) is 5.91 Å². The van der Waals surface area contributed by atoms with Crippen LogP contribution in [0.1, 0.15) is 348 Å². The average Bonchev–Trinajstić information content (AvgIpc) is 0.793. The standard InChI is InChI=1S/C84H151NO13/c1-3-5-7-9-11-13-15-17-19-21-23-25-27-29-31-32-33-34-35-36-37-38-39-40-42-44-46-48-50-52-54-56-58-60-62-64-66-68-76(89)85-72(71-95-83-81(94)79(92)82(75(70-87)97-83)98-84-80(93)78(91)77(90)74(69-86)96-84)73(88)67-65-63-61-59-57-55-53-51-49-47-45-43-41-30-28-26-24-22-20-18-16-14-12-10-8-6-4-2/h5,7,11,13,17,19,23,25,49,51,57,59,65,67,72-75,77-84,86-88,90-94H,3-4,6,8-10,12,14-16,18,20-22,24,26-48,50,52-56,58,60-64,66,68-71H2,1-2H3,(H,85,89)/b7-5-,13-11-,19-17-,25-23-,51-49+,59-57+,67-65+. The predicted molar refractivity (Wildman–Crippen MR) is 406 cm³/mol. The monoisotopic (exact) mass is 1380 g/mol. The van der Waals surface area contributed by atoms with Crippen LogP contribution in [0.3, 0.4) is 0 Å². The molecule has 0 radical (unpaired) electrons. The summed E-state index contributed by atoms with van der Waals surface area (Å²) >= 11 is 0. The summed E-state index contributed by atoms with van der Waals surface area (Å²) in [5.74, 6) is -0.248. The molecule has 12 atom stereocenters. The molecule has 0 aromatic heterocycles. The van der Waals surface area contributed by atoms with Gasteiger partial charge in [-0.25, -0.2) is 0 Å². The number of carbonyl (C=O) groups excluding carboxylic acids is 1. The van der Waals surface area contributed by atoms with Crippen LogP contribution in [0, 0.1) is 0 Å². The Morgan fingerprint density at radius 2 is 0.714 bits per heavy atom. The van der Waals surface area contributed by atoms with E-state index in [0.717, 1.165) is 70.6 Å². The first-order valence-corrected chi connectivity index (χ1v) is 40.8. The Balaban J connectivity index is 1.61. The van der Waals surface area contributed by atoms with Gasteiger partial charge in [0.1, 0.15) is 48.8 Å². The second kappa shape index (κ2) is 67.4. The molecule has 0 aromatic carbocycles. The molecule has 2 aliphatic rings. The van der Waals surface area contributed by atoms with E-state index in [-0.39, 0.29) is 18.9 Å². The number of nitrogens with one attached hydrogen (secondary N) is 1. The minimum absolute atomic E-state index is 0.248. The molecule has 12 unspecified atom stereocenters. The van der Waals surface area contributed by atoms with E-state index in [1.165, 1.54) is 244 Å². The Bertz CT molecular complexity index is 1970. The highest BCUT2D eigenvalue weighted by atomic mass is 16.7. The number of ether oxygens (including phenoxy) is 4. The molecule has 98 heavy (non-hydrogen) atoms. The van der Waals surface area contributed by atoms with Gasteiger partial charge in [0.15, 0.2) is 12.6 Å². The van der Waals surface area contributed by atoms with Gasteiger partial charge in [-0.15, -0.1) is 0 Å². The Morgan fingerprint density at radius 1 is 0.378 bits per heavy atom. The van der Waals surface area contributed by atoms with Crippen LogP contribution < -0.4 is 5.32 Å². The lowest BCUT2D eigenvalue weighted by atomic mass is 9.97. The molecule has 2 fully saturated rings. The molecule has 1 amide bonds. The summed E-state index contributed by atoms with van der Waals surface area (Å²) in [6, 6.07) is -0.942. The van der Waals surface area contributed by atoms with Crippen LogP contribution in [-0.2, 0) is 23.7 Å². The van der Waals surface area contributed by atoms with Gasteiger partial charge in [-0.3, -0.25) is 4.79 Å². The van der Waals surface area contributed by atoms with Crippen LogP contribution >= 0.6 is 0 Å². The number of aliphatic hydroxyl groups is 8.